The van der Waals surface area contributed by atoms with E-state index in [1.165, 1.54) is 6.07 Å². The molecule has 25 heavy (non-hydrogen) atoms. The highest BCUT2D eigenvalue weighted by Gasteiger charge is 2.21. The summed E-state index contributed by atoms with van der Waals surface area (Å²) in [6, 6.07) is 12.9. The lowest BCUT2D eigenvalue weighted by atomic mass is 10.1. The van der Waals surface area contributed by atoms with Gasteiger partial charge < -0.3 is 10.6 Å². The van der Waals surface area contributed by atoms with Crippen LogP contribution in [0, 0.1) is 21.4 Å². The first-order chi connectivity index (χ1) is 12.2. The molecule has 0 saturated carbocycles. The summed E-state index contributed by atoms with van der Waals surface area (Å²) in [6.45, 7) is 0.996. The first-order valence-electron chi connectivity index (χ1n) is 7.43. The van der Waals surface area contributed by atoms with Gasteiger partial charge in [-0.1, -0.05) is 12.1 Å². The maximum atomic E-state index is 11.3. The molecule has 8 heteroatoms. The Morgan fingerprint density at radius 3 is 2.20 bits per heavy atom. The molecule has 1 aromatic carbocycles. The van der Waals surface area contributed by atoms with Gasteiger partial charge in [0.25, 0.3) is 5.69 Å². The smallest absolute Gasteiger partial charge is 0.293 e. The fourth-order valence-corrected chi connectivity index (χ4v) is 3.66. The molecule has 0 spiro atoms. The third kappa shape index (κ3) is 3.96. The highest BCUT2D eigenvalue weighted by atomic mass is 32.1. The molecule has 0 radical (unpaired) electrons. The molecule has 6 nitrogen and oxygen atoms in total. The second-order valence-electron chi connectivity index (χ2n) is 5.12. The summed E-state index contributed by atoms with van der Waals surface area (Å²) >= 11 is 3.16. The number of thiophene rings is 2. The molecule has 2 N–H and O–H groups in total. The summed E-state index contributed by atoms with van der Waals surface area (Å²) in [5.74, 6) is 0. The quantitative estimate of drug-likeness (QED) is 0.460. The second-order valence-corrected chi connectivity index (χ2v) is 7.18. The second kappa shape index (κ2) is 7.79. The van der Waals surface area contributed by atoms with E-state index in [2.05, 4.69) is 16.7 Å². The van der Waals surface area contributed by atoms with Crippen LogP contribution in [0.15, 0.2) is 47.2 Å². The molecule has 2 heterocycles. The van der Waals surface area contributed by atoms with Crippen molar-refractivity contribution in [2.45, 2.75) is 13.1 Å². The maximum Gasteiger partial charge on any atom is 0.293 e. The molecule has 3 rings (SSSR count). The molecule has 2 aromatic heterocycles. The van der Waals surface area contributed by atoms with E-state index >= 15 is 0 Å². The van der Waals surface area contributed by atoms with Gasteiger partial charge in [-0.3, -0.25) is 10.1 Å². The average molecular weight is 370 g/mol. The Hall–Kier alpha value is -2.89. The molecule has 0 aliphatic carbocycles. The highest BCUT2D eigenvalue weighted by Crippen LogP contribution is 2.34. The molecule has 0 unspecified atom stereocenters. The minimum absolute atomic E-state index is 0.102. The molecule has 0 aliphatic rings. The van der Waals surface area contributed by atoms with E-state index in [0.29, 0.717) is 18.8 Å². The van der Waals surface area contributed by atoms with Crippen LogP contribution in [0.3, 0.4) is 0 Å². The first kappa shape index (κ1) is 17.0. The lowest BCUT2D eigenvalue weighted by Gasteiger charge is -2.13. The van der Waals surface area contributed by atoms with Crippen LogP contribution in [0.5, 0.6) is 0 Å². The summed E-state index contributed by atoms with van der Waals surface area (Å²) < 4.78 is 0. The van der Waals surface area contributed by atoms with E-state index in [9.17, 15) is 15.4 Å². The van der Waals surface area contributed by atoms with Crippen molar-refractivity contribution < 1.29 is 4.92 Å². The Balaban J connectivity index is 1.89. The van der Waals surface area contributed by atoms with Crippen LogP contribution in [0.1, 0.15) is 15.3 Å². The number of benzene rings is 1. The number of hydrogen-bond acceptors (Lipinski definition) is 7. The summed E-state index contributed by atoms with van der Waals surface area (Å²) in [5.41, 5.74) is 0.976. The zero-order valence-corrected chi connectivity index (χ0v) is 14.7. The van der Waals surface area contributed by atoms with Gasteiger partial charge >= 0.3 is 0 Å². The van der Waals surface area contributed by atoms with Gasteiger partial charge in [-0.05, 0) is 29.0 Å². The standard InChI is InChI=1S/C17H14N4O2S2/c18-9-14-15(19-10-12-3-1-7-24-12)5-6-16(21(22)23)17(14)20-11-13-4-2-8-25-13/h1-8,19-20H,10-11H2. The van der Waals surface area contributed by atoms with E-state index in [0.717, 1.165) is 9.75 Å². The van der Waals surface area contributed by atoms with Crippen LogP contribution >= 0.6 is 22.7 Å². The fraction of sp³-hybridized carbons (Fsp3) is 0.118. The Morgan fingerprint density at radius 1 is 1.04 bits per heavy atom. The van der Waals surface area contributed by atoms with Crippen molar-refractivity contribution in [2.75, 3.05) is 10.6 Å². The van der Waals surface area contributed by atoms with Crippen molar-refractivity contribution >= 4 is 39.7 Å². The monoisotopic (exact) mass is 370 g/mol. The van der Waals surface area contributed by atoms with Crippen molar-refractivity contribution in [3.05, 3.63) is 72.6 Å². The summed E-state index contributed by atoms with van der Waals surface area (Å²) in [6.07, 6.45) is 0. The van der Waals surface area contributed by atoms with Crippen LogP contribution in [0.25, 0.3) is 0 Å². The SMILES string of the molecule is N#Cc1c(NCc2cccs2)ccc([N+](=O)[O-])c1NCc1cccs1. The van der Waals surface area contributed by atoms with Gasteiger partial charge in [-0.2, -0.15) is 5.26 Å². The molecule has 3 aromatic rings. The number of nitro groups is 1. The van der Waals surface area contributed by atoms with Crippen LogP contribution in [0.4, 0.5) is 17.1 Å². The molecule has 0 fully saturated rings. The van der Waals surface area contributed by atoms with Gasteiger partial charge in [-0.25, -0.2) is 0 Å². The lowest BCUT2D eigenvalue weighted by Crippen LogP contribution is -2.07. The maximum absolute atomic E-state index is 11.3. The van der Waals surface area contributed by atoms with Gasteiger partial charge in [0, 0.05) is 28.9 Å². The van der Waals surface area contributed by atoms with Crippen LogP contribution in [-0.2, 0) is 13.1 Å². The Labute approximate surface area is 152 Å². The molecule has 0 bridgehead atoms. The number of nitrogens with one attached hydrogen (secondary N) is 2. The van der Waals surface area contributed by atoms with Gasteiger partial charge in [0.05, 0.1) is 10.6 Å². The van der Waals surface area contributed by atoms with E-state index in [1.54, 1.807) is 28.7 Å². The summed E-state index contributed by atoms with van der Waals surface area (Å²) in [5, 5.41) is 31.1. The minimum atomic E-state index is -0.472. The lowest BCUT2D eigenvalue weighted by molar-refractivity contribution is -0.384. The van der Waals surface area contributed by atoms with Crippen LogP contribution in [-0.4, -0.2) is 4.92 Å². The molecule has 0 atom stereocenters. The Morgan fingerprint density at radius 2 is 1.68 bits per heavy atom. The van der Waals surface area contributed by atoms with Crippen LogP contribution < -0.4 is 10.6 Å². The zero-order chi connectivity index (χ0) is 17.6. The molecule has 0 aliphatic heterocycles. The van der Waals surface area contributed by atoms with Gasteiger partial charge in [0.2, 0.25) is 0 Å². The topological polar surface area (TPSA) is 91.0 Å². The van der Waals surface area contributed by atoms with Gasteiger partial charge in [0.1, 0.15) is 17.3 Å². The number of nitrogens with zero attached hydrogens (tertiary/aromatic N) is 2. The molecule has 126 valence electrons. The normalized spacial score (nSPS) is 10.2. The van der Waals surface area contributed by atoms with Crippen LogP contribution in [0.2, 0.25) is 0 Å². The van der Waals surface area contributed by atoms with Crippen molar-refractivity contribution in [1.29, 1.82) is 5.26 Å². The Bertz CT molecular complexity index is 900. The predicted molar refractivity (Wildman–Crippen MR) is 101 cm³/mol. The number of nitro benzene ring substituents is 1. The minimum Gasteiger partial charge on any atom is -0.379 e. The third-order valence-corrected chi connectivity index (χ3v) is 5.30. The molecular weight excluding hydrogens is 356 g/mol. The number of hydrogen-bond donors (Lipinski definition) is 2. The largest absolute Gasteiger partial charge is 0.379 e. The predicted octanol–water partition coefficient (Wildman–Crippen LogP) is 4.81. The molecule has 0 saturated heterocycles. The Kier molecular flexibility index (Phi) is 5.28. The van der Waals surface area contributed by atoms with E-state index in [1.807, 2.05) is 35.0 Å². The molecular formula is C17H14N4O2S2. The molecule has 0 amide bonds. The number of anilines is 2. The average Bonchev–Trinajstić information content (AvgIpc) is 3.30. The van der Waals surface area contributed by atoms with Crippen molar-refractivity contribution in [2.24, 2.45) is 0 Å². The van der Waals surface area contributed by atoms with E-state index in [4.69, 9.17) is 0 Å². The summed E-state index contributed by atoms with van der Waals surface area (Å²) in [4.78, 5) is 13.0. The first-order valence-corrected chi connectivity index (χ1v) is 9.19. The summed E-state index contributed by atoms with van der Waals surface area (Å²) in [7, 11) is 0. The highest BCUT2D eigenvalue weighted by molar-refractivity contribution is 7.10. The number of nitriles is 1. The fourth-order valence-electron chi connectivity index (χ4n) is 2.37. The van der Waals surface area contributed by atoms with E-state index in [-0.39, 0.29) is 16.9 Å². The van der Waals surface area contributed by atoms with Gasteiger partial charge in [-0.15, -0.1) is 22.7 Å². The van der Waals surface area contributed by atoms with E-state index < -0.39 is 4.92 Å². The van der Waals surface area contributed by atoms with Crippen molar-refractivity contribution in [3.8, 4) is 6.07 Å². The zero-order valence-electron chi connectivity index (χ0n) is 13.1. The van der Waals surface area contributed by atoms with Gasteiger partial charge in [0.15, 0.2) is 0 Å². The third-order valence-electron chi connectivity index (χ3n) is 3.54. The van der Waals surface area contributed by atoms with Crippen molar-refractivity contribution in [3.63, 3.8) is 0 Å². The van der Waals surface area contributed by atoms with Crippen molar-refractivity contribution in [1.82, 2.24) is 0 Å². The number of rotatable bonds is 7.